The average molecular weight is 359 g/mol. The molecule has 1 atom stereocenters. The number of piperazine rings is 1. The maximum atomic E-state index is 13.0. The molecule has 2 fully saturated rings. The van der Waals surface area contributed by atoms with E-state index in [1.807, 2.05) is 18.2 Å². The fraction of sp³-hybridized carbons (Fsp3) is 0.667. The Bertz CT molecular complexity index is 583. The number of carbonyl (C=O) groups is 1. The summed E-state index contributed by atoms with van der Waals surface area (Å²) < 4.78 is 0. The molecule has 0 unspecified atom stereocenters. The molecule has 26 heavy (non-hydrogen) atoms. The molecule has 1 aromatic carbocycles. The van der Waals surface area contributed by atoms with E-state index in [9.17, 15) is 4.79 Å². The van der Waals surface area contributed by atoms with Gasteiger partial charge in [-0.2, -0.15) is 0 Å². The van der Waals surface area contributed by atoms with E-state index in [0.29, 0.717) is 0 Å². The maximum absolute atomic E-state index is 13.0. The van der Waals surface area contributed by atoms with Gasteiger partial charge < -0.3 is 15.1 Å². The molecule has 5 heteroatoms. The Hall–Kier alpha value is -1.59. The lowest BCUT2D eigenvalue weighted by molar-refractivity contribution is -0.01000. The van der Waals surface area contributed by atoms with E-state index >= 15 is 0 Å². The minimum atomic E-state index is 0.0960. The summed E-state index contributed by atoms with van der Waals surface area (Å²) in [7, 11) is 4.42. The highest BCUT2D eigenvalue weighted by Crippen LogP contribution is 2.31. The van der Waals surface area contributed by atoms with Crippen LogP contribution in [0.2, 0.25) is 0 Å². The fourth-order valence-electron chi connectivity index (χ4n) is 4.35. The zero-order valence-corrected chi connectivity index (χ0v) is 16.6. The third-order valence-electron chi connectivity index (χ3n) is 6.28. The van der Waals surface area contributed by atoms with Crippen molar-refractivity contribution in [3.63, 3.8) is 0 Å². The Morgan fingerprint density at radius 2 is 1.81 bits per heavy atom. The van der Waals surface area contributed by atoms with Gasteiger partial charge in [-0.1, -0.05) is 43.7 Å². The summed E-state index contributed by atoms with van der Waals surface area (Å²) in [6, 6.07) is 10.5. The van der Waals surface area contributed by atoms with Gasteiger partial charge in [-0.3, -0.25) is 4.90 Å². The van der Waals surface area contributed by atoms with Crippen LogP contribution < -0.4 is 5.32 Å². The first-order chi connectivity index (χ1) is 12.5. The standard InChI is InChI=1S/C21H34N4O/c1-4-8-19(18-9-6-5-7-10-18)22-20(26)25-16-15-24(3)21(17-25)11-13-23(2)14-12-21/h5-7,9-10,19H,4,8,11-17H2,1-3H3,(H,22,26)/t19-/m0/s1. The smallest absolute Gasteiger partial charge is 0.317 e. The van der Waals surface area contributed by atoms with Crippen LogP contribution in [0.3, 0.4) is 0 Å². The summed E-state index contributed by atoms with van der Waals surface area (Å²) in [4.78, 5) is 20.0. The summed E-state index contributed by atoms with van der Waals surface area (Å²) in [5.74, 6) is 0. The van der Waals surface area contributed by atoms with Crippen LogP contribution in [0, 0.1) is 0 Å². The first kappa shape index (κ1) is 19.2. The summed E-state index contributed by atoms with van der Waals surface area (Å²) >= 11 is 0. The minimum Gasteiger partial charge on any atom is -0.331 e. The van der Waals surface area contributed by atoms with Gasteiger partial charge in [-0.25, -0.2) is 4.79 Å². The van der Waals surface area contributed by atoms with E-state index in [1.165, 1.54) is 5.56 Å². The number of rotatable bonds is 4. The number of amides is 2. The molecular formula is C21H34N4O. The number of likely N-dealkylation sites (tertiary alicyclic amines) is 1. The number of benzene rings is 1. The Labute approximate surface area is 158 Å². The van der Waals surface area contributed by atoms with Crippen molar-refractivity contribution >= 4 is 6.03 Å². The lowest BCUT2D eigenvalue weighted by Crippen LogP contribution is -2.66. The van der Waals surface area contributed by atoms with E-state index < -0.39 is 0 Å². The normalized spacial score (nSPS) is 22.3. The number of nitrogens with zero attached hydrogens (tertiary/aromatic N) is 3. The lowest BCUT2D eigenvalue weighted by Gasteiger charge is -2.52. The molecule has 0 aromatic heterocycles. The summed E-state index contributed by atoms with van der Waals surface area (Å²) in [5, 5.41) is 3.31. The minimum absolute atomic E-state index is 0.0960. The van der Waals surface area contributed by atoms with Crippen LogP contribution in [-0.4, -0.2) is 73.1 Å². The number of urea groups is 1. The third kappa shape index (κ3) is 4.21. The van der Waals surface area contributed by atoms with Crippen molar-refractivity contribution in [1.29, 1.82) is 0 Å². The van der Waals surface area contributed by atoms with Gasteiger partial charge in [-0.15, -0.1) is 0 Å². The summed E-state index contributed by atoms with van der Waals surface area (Å²) in [6.07, 6.45) is 4.31. The van der Waals surface area contributed by atoms with E-state index in [0.717, 1.165) is 58.4 Å². The number of carbonyl (C=O) groups excluding carboxylic acids is 1. The van der Waals surface area contributed by atoms with Crippen LogP contribution in [-0.2, 0) is 0 Å². The number of piperidine rings is 1. The predicted octanol–water partition coefficient (Wildman–Crippen LogP) is 2.95. The highest BCUT2D eigenvalue weighted by molar-refractivity contribution is 5.75. The Kier molecular flexibility index (Phi) is 6.20. The van der Waals surface area contributed by atoms with Gasteiger partial charge in [-0.05, 0) is 52.0 Å². The summed E-state index contributed by atoms with van der Waals surface area (Å²) in [6.45, 7) is 7.02. The van der Waals surface area contributed by atoms with E-state index in [4.69, 9.17) is 0 Å². The fourth-order valence-corrected chi connectivity index (χ4v) is 4.35. The number of hydrogen-bond acceptors (Lipinski definition) is 3. The highest BCUT2D eigenvalue weighted by atomic mass is 16.2. The van der Waals surface area contributed by atoms with E-state index in [1.54, 1.807) is 0 Å². The van der Waals surface area contributed by atoms with Crippen molar-refractivity contribution in [1.82, 2.24) is 20.0 Å². The van der Waals surface area contributed by atoms with Crippen LogP contribution >= 0.6 is 0 Å². The van der Waals surface area contributed by atoms with Gasteiger partial charge in [0, 0.05) is 25.2 Å². The van der Waals surface area contributed by atoms with Gasteiger partial charge in [0.2, 0.25) is 0 Å². The Balaban J connectivity index is 1.67. The molecule has 0 bridgehead atoms. The van der Waals surface area contributed by atoms with E-state index in [-0.39, 0.29) is 17.6 Å². The van der Waals surface area contributed by atoms with Crippen molar-refractivity contribution in [2.45, 2.75) is 44.2 Å². The SMILES string of the molecule is CCC[C@H](NC(=O)N1CCN(C)C2(CCN(C)CC2)C1)c1ccccc1. The highest BCUT2D eigenvalue weighted by Gasteiger charge is 2.42. The molecule has 0 aliphatic carbocycles. The summed E-state index contributed by atoms with van der Waals surface area (Å²) in [5.41, 5.74) is 1.35. The zero-order valence-electron chi connectivity index (χ0n) is 16.6. The van der Waals surface area contributed by atoms with Gasteiger partial charge >= 0.3 is 6.03 Å². The van der Waals surface area contributed by atoms with Crippen molar-refractivity contribution in [2.75, 3.05) is 46.8 Å². The van der Waals surface area contributed by atoms with Crippen LogP contribution in [0.5, 0.6) is 0 Å². The van der Waals surface area contributed by atoms with Gasteiger partial charge in [0.05, 0.1) is 6.04 Å². The molecule has 5 nitrogen and oxygen atoms in total. The maximum Gasteiger partial charge on any atom is 0.317 e. The lowest BCUT2D eigenvalue weighted by atomic mass is 9.84. The van der Waals surface area contributed by atoms with Crippen molar-refractivity contribution in [2.24, 2.45) is 0 Å². The number of likely N-dealkylation sites (N-methyl/N-ethyl adjacent to an activating group) is 1. The molecule has 1 spiro atoms. The second-order valence-corrected chi connectivity index (χ2v) is 8.07. The second-order valence-electron chi connectivity index (χ2n) is 8.07. The number of nitrogens with one attached hydrogen (secondary N) is 1. The zero-order chi connectivity index (χ0) is 18.6. The molecule has 1 aromatic rings. The molecule has 0 radical (unpaired) electrons. The first-order valence-corrected chi connectivity index (χ1v) is 10.0. The topological polar surface area (TPSA) is 38.8 Å². The van der Waals surface area contributed by atoms with Gasteiger partial charge in [0.25, 0.3) is 0 Å². The molecule has 2 saturated heterocycles. The molecule has 1 N–H and O–H groups in total. The van der Waals surface area contributed by atoms with Crippen LogP contribution in [0.15, 0.2) is 30.3 Å². The van der Waals surface area contributed by atoms with Gasteiger partial charge in [0.1, 0.15) is 0 Å². The van der Waals surface area contributed by atoms with Crippen molar-refractivity contribution in [3.05, 3.63) is 35.9 Å². The van der Waals surface area contributed by atoms with Crippen molar-refractivity contribution in [3.8, 4) is 0 Å². The molecular weight excluding hydrogens is 324 g/mol. The van der Waals surface area contributed by atoms with Crippen molar-refractivity contribution < 1.29 is 4.79 Å². The van der Waals surface area contributed by atoms with E-state index in [2.05, 4.69) is 53.2 Å². The monoisotopic (exact) mass is 358 g/mol. The molecule has 0 saturated carbocycles. The number of hydrogen-bond donors (Lipinski definition) is 1. The molecule has 2 aliphatic rings. The Morgan fingerprint density at radius 1 is 1.12 bits per heavy atom. The van der Waals surface area contributed by atoms with Crippen LogP contribution in [0.4, 0.5) is 4.79 Å². The molecule has 3 rings (SSSR count). The third-order valence-corrected chi connectivity index (χ3v) is 6.28. The first-order valence-electron chi connectivity index (χ1n) is 10.0. The predicted molar refractivity (Wildman–Crippen MR) is 106 cm³/mol. The van der Waals surface area contributed by atoms with Crippen LogP contribution in [0.1, 0.15) is 44.2 Å². The Morgan fingerprint density at radius 3 is 2.46 bits per heavy atom. The molecule has 144 valence electrons. The second kappa shape index (κ2) is 8.40. The molecule has 2 aliphatic heterocycles. The molecule has 2 heterocycles. The average Bonchev–Trinajstić information content (AvgIpc) is 2.66. The largest absolute Gasteiger partial charge is 0.331 e. The van der Waals surface area contributed by atoms with Crippen LogP contribution in [0.25, 0.3) is 0 Å². The molecule has 2 amide bonds. The quantitative estimate of drug-likeness (QED) is 0.899. The van der Waals surface area contributed by atoms with Gasteiger partial charge in [0.15, 0.2) is 0 Å².